The molecule has 0 aromatic carbocycles. The maximum Gasteiger partial charge on any atom is 0.163 e. The summed E-state index contributed by atoms with van der Waals surface area (Å²) in [5.74, 6) is 0. The normalized spacial score (nSPS) is 24.0. The Labute approximate surface area is 95.3 Å². The third-order valence-corrected chi connectivity index (χ3v) is 3.01. The van der Waals surface area contributed by atoms with Crippen LogP contribution in [-0.2, 0) is 4.74 Å². The third-order valence-electron chi connectivity index (χ3n) is 3.01. The van der Waals surface area contributed by atoms with E-state index in [1.165, 1.54) is 6.42 Å². The summed E-state index contributed by atoms with van der Waals surface area (Å²) < 4.78 is 5.40. The number of nitrogens with one attached hydrogen (secondary N) is 1. The van der Waals surface area contributed by atoms with Gasteiger partial charge in [0.1, 0.15) is 6.07 Å². The quantitative estimate of drug-likeness (QED) is 0.840. The van der Waals surface area contributed by atoms with Crippen LogP contribution in [0.3, 0.4) is 0 Å². The van der Waals surface area contributed by atoms with E-state index >= 15 is 0 Å². The molecule has 0 radical (unpaired) electrons. The van der Waals surface area contributed by atoms with Gasteiger partial charge in [-0.15, -0.1) is 0 Å². The molecule has 1 saturated carbocycles. The third kappa shape index (κ3) is 2.15. The average Bonchev–Trinajstić information content (AvgIpc) is 2.77. The van der Waals surface area contributed by atoms with Crippen LogP contribution in [0.15, 0.2) is 18.3 Å². The largest absolute Gasteiger partial charge is 0.379 e. The second-order valence-corrected chi connectivity index (χ2v) is 3.97. The van der Waals surface area contributed by atoms with Gasteiger partial charge in [0.2, 0.25) is 0 Å². The molecule has 1 aliphatic rings. The zero-order valence-electron chi connectivity index (χ0n) is 9.31. The van der Waals surface area contributed by atoms with Gasteiger partial charge in [-0.1, -0.05) is 0 Å². The zero-order valence-corrected chi connectivity index (χ0v) is 9.31. The maximum atomic E-state index is 8.93. The topological polar surface area (TPSA) is 57.9 Å². The van der Waals surface area contributed by atoms with E-state index in [9.17, 15) is 0 Å². The van der Waals surface area contributed by atoms with Crippen molar-refractivity contribution in [3.8, 4) is 6.07 Å². The van der Waals surface area contributed by atoms with Crippen molar-refractivity contribution in [2.75, 3.05) is 12.4 Å². The lowest BCUT2D eigenvalue weighted by Gasteiger charge is -2.20. The summed E-state index contributed by atoms with van der Waals surface area (Å²) in [4.78, 5) is 4.03. The first-order valence-electron chi connectivity index (χ1n) is 5.49. The van der Waals surface area contributed by atoms with Crippen molar-refractivity contribution in [2.24, 2.45) is 0 Å². The molecule has 0 amide bonds. The number of hydrogen-bond donors (Lipinski definition) is 1. The minimum atomic E-state index is 0.242. The summed E-state index contributed by atoms with van der Waals surface area (Å²) >= 11 is 0. The predicted molar refractivity (Wildman–Crippen MR) is 61.0 cm³/mol. The van der Waals surface area contributed by atoms with Gasteiger partial charge < -0.3 is 10.1 Å². The van der Waals surface area contributed by atoms with Crippen molar-refractivity contribution in [3.05, 3.63) is 24.0 Å². The van der Waals surface area contributed by atoms with E-state index < -0.39 is 0 Å². The molecule has 84 valence electrons. The van der Waals surface area contributed by atoms with Crippen LogP contribution >= 0.6 is 0 Å². The first-order chi connectivity index (χ1) is 7.85. The Bertz CT molecular complexity index is 399. The number of hydrogen-bond acceptors (Lipinski definition) is 4. The number of methoxy groups -OCH3 is 1. The number of pyridine rings is 1. The molecule has 1 N–H and O–H groups in total. The second-order valence-electron chi connectivity index (χ2n) is 3.97. The Morgan fingerprint density at radius 3 is 3.19 bits per heavy atom. The van der Waals surface area contributed by atoms with Crippen molar-refractivity contribution in [3.63, 3.8) is 0 Å². The van der Waals surface area contributed by atoms with E-state index in [-0.39, 0.29) is 6.10 Å². The van der Waals surface area contributed by atoms with Gasteiger partial charge in [0.15, 0.2) is 5.69 Å². The summed E-state index contributed by atoms with van der Waals surface area (Å²) in [6.07, 6.45) is 5.20. The predicted octanol–water partition coefficient (Wildman–Crippen LogP) is 1.93. The minimum absolute atomic E-state index is 0.242. The van der Waals surface area contributed by atoms with Crippen LogP contribution in [-0.4, -0.2) is 24.2 Å². The monoisotopic (exact) mass is 217 g/mol. The Hall–Kier alpha value is -1.60. The molecule has 1 heterocycles. The van der Waals surface area contributed by atoms with Crippen LogP contribution in [0.4, 0.5) is 5.69 Å². The molecule has 1 fully saturated rings. The summed E-state index contributed by atoms with van der Waals surface area (Å²) in [6, 6.07) is 6.10. The van der Waals surface area contributed by atoms with E-state index in [1.807, 2.05) is 12.1 Å². The number of rotatable bonds is 3. The number of nitrogens with zero attached hydrogens (tertiary/aromatic N) is 2. The fraction of sp³-hybridized carbons (Fsp3) is 0.500. The van der Waals surface area contributed by atoms with Gasteiger partial charge in [0.05, 0.1) is 17.8 Å². The molecule has 0 spiro atoms. The Kier molecular flexibility index (Phi) is 3.37. The Morgan fingerprint density at radius 2 is 2.44 bits per heavy atom. The van der Waals surface area contributed by atoms with Gasteiger partial charge in [-0.3, -0.25) is 0 Å². The van der Waals surface area contributed by atoms with Crippen molar-refractivity contribution >= 4 is 5.69 Å². The molecular formula is C12H15N3O. The highest BCUT2D eigenvalue weighted by molar-refractivity contribution is 5.54. The highest BCUT2D eigenvalue weighted by Crippen LogP contribution is 2.25. The van der Waals surface area contributed by atoms with Crippen molar-refractivity contribution < 1.29 is 4.74 Å². The molecule has 4 heteroatoms. The minimum Gasteiger partial charge on any atom is -0.379 e. The van der Waals surface area contributed by atoms with E-state index in [4.69, 9.17) is 10.00 Å². The molecule has 0 aliphatic heterocycles. The van der Waals surface area contributed by atoms with Crippen LogP contribution in [0, 0.1) is 11.3 Å². The standard InChI is InChI=1S/C12H15N3O/c1-16-12-6-2-4-10(12)15-9-5-3-7-14-11(9)8-13/h3,5,7,10,12,15H,2,4,6H2,1H3. The van der Waals surface area contributed by atoms with Gasteiger partial charge >= 0.3 is 0 Å². The lowest BCUT2D eigenvalue weighted by Crippen LogP contribution is -2.30. The van der Waals surface area contributed by atoms with Crippen molar-refractivity contribution in [1.82, 2.24) is 4.98 Å². The van der Waals surface area contributed by atoms with Gasteiger partial charge in [-0.05, 0) is 31.4 Å². The maximum absolute atomic E-state index is 8.93. The molecule has 2 unspecified atom stereocenters. The number of anilines is 1. The van der Waals surface area contributed by atoms with Crippen LogP contribution < -0.4 is 5.32 Å². The van der Waals surface area contributed by atoms with Gasteiger partial charge in [-0.2, -0.15) is 5.26 Å². The zero-order chi connectivity index (χ0) is 11.4. The van der Waals surface area contributed by atoms with Gasteiger partial charge in [-0.25, -0.2) is 4.98 Å². The van der Waals surface area contributed by atoms with E-state index in [0.29, 0.717) is 11.7 Å². The smallest absolute Gasteiger partial charge is 0.163 e. The SMILES string of the molecule is COC1CCCC1Nc1cccnc1C#N. The molecule has 0 saturated heterocycles. The second kappa shape index (κ2) is 4.95. The molecule has 2 atom stereocenters. The lowest BCUT2D eigenvalue weighted by molar-refractivity contribution is 0.101. The van der Waals surface area contributed by atoms with Crippen molar-refractivity contribution in [1.29, 1.82) is 5.26 Å². The van der Waals surface area contributed by atoms with Crippen LogP contribution in [0.5, 0.6) is 0 Å². The van der Waals surface area contributed by atoms with Crippen LogP contribution in [0.25, 0.3) is 0 Å². The molecule has 1 aromatic heterocycles. The van der Waals surface area contributed by atoms with Crippen LogP contribution in [0.1, 0.15) is 25.0 Å². The van der Waals surface area contributed by atoms with E-state index in [1.54, 1.807) is 13.3 Å². The van der Waals surface area contributed by atoms with E-state index in [0.717, 1.165) is 18.5 Å². The Balaban J connectivity index is 2.12. The van der Waals surface area contributed by atoms with Gasteiger partial charge in [0.25, 0.3) is 0 Å². The molecule has 2 rings (SSSR count). The summed E-state index contributed by atoms with van der Waals surface area (Å²) in [5, 5.41) is 12.3. The molecular weight excluding hydrogens is 202 g/mol. The molecule has 1 aliphatic carbocycles. The fourth-order valence-electron chi connectivity index (χ4n) is 2.18. The highest BCUT2D eigenvalue weighted by Gasteiger charge is 2.27. The summed E-state index contributed by atoms with van der Waals surface area (Å²) in [6.45, 7) is 0. The Morgan fingerprint density at radius 1 is 1.56 bits per heavy atom. The molecule has 1 aromatic rings. The molecule has 4 nitrogen and oxygen atoms in total. The summed E-state index contributed by atoms with van der Waals surface area (Å²) in [5.41, 5.74) is 1.25. The number of nitriles is 1. The van der Waals surface area contributed by atoms with Crippen molar-refractivity contribution in [2.45, 2.75) is 31.4 Å². The lowest BCUT2D eigenvalue weighted by atomic mass is 10.2. The average molecular weight is 217 g/mol. The fourth-order valence-corrected chi connectivity index (χ4v) is 2.18. The number of aromatic nitrogens is 1. The highest BCUT2D eigenvalue weighted by atomic mass is 16.5. The van der Waals surface area contributed by atoms with Crippen LogP contribution in [0.2, 0.25) is 0 Å². The first-order valence-corrected chi connectivity index (χ1v) is 5.49. The molecule has 16 heavy (non-hydrogen) atoms. The molecule has 0 bridgehead atoms. The summed E-state index contributed by atoms with van der Waals surface area (Å²) in [7, 11) is 1.74. The van der Waals surface area contributed by atoms with E-state index in [2.05, 4.69) is 16.4 Å². The number of ether oxygens (including phenoxy) is 1. The first kappa shape index (κ1) is 10.9. The van der Waals surface area contributed by atoms with Gasteiger partial charge in [0, 0.05) is 13.3 Å².